The summed E-state index contributed by atoms with van der Waals surface area (Å²) in [6, 6.07) is 16.8. The summed E-state index contributed by atoms with van der Waals surface area (Å²) in [7, 11) is 0. The molecule has 2 aromatic heterocycles. The van der Waals surface area contributed by atoms with Crippen molar-refractivity contribution in [3.8, 4) is 22.6 Å². The molecule has 2 N–H and O–H groups in total. The van der Waals surface area contributed by atoms with E-state index in [2.05, 4.69) is 25.7 Å². The second-order valence-electron chi connectivity index (χ2n) is 6.11. The second-order valence-corrected chi connectivity index (χ2v) is 6.11. The zero-order chi connectivity index (χ0) is 18.8. The van der Waals surface area contributed by atoms with Crippen LogP contribution in [0.3, 0.4) is 0 Å². The molecule has 0 aliphatic carbocycles. The summed E-state index contributed by atoms with van der Waals surface area (Å²) < 4.78 is 5.27. The van der Waals surface area contributed by atoms with E-state index in [0.717, 1.165) is 17.0 Å². The number of H-pyrrole nitrogens is 1. The minimum atomic E-state index is -0.282. The number of rotatable bonds is 4. The summed E-state index contributed by atoms with van der Waals surface area (Å²) in [6.07, 6.45) is 0. The first-order valence-electron chi connectivity index (χ1n) is 8.44. The van der Waals surface area contributed by atoms with Crippen LogP contribution in [0.2, 0.25) is 0 Å². The number of carbonyl (C=O) groups is 1. The zero-order valence-corrected chi connectivity index (χ0v) is 14.9. The number of aromatic amines is 1. The maximum Gasteiger partial charge on any atom is 0.261 e. The van der Waals surface area contributed by atoms with Crippen molar-refractivity contribution < 1.29 is 9.32 Å². The average molecular weight is 359 g/mol. The van der Waals surface area contributed by atoms with E-state index in [-0.39, 0.29) is 5.91 Å². The van der Waals surface area contributed by atoms with Gasteiger partial charge in [0.25, 0.3) is 5.91 Å². The van der Waals surface area contributed by atoms with Crippen LogP contribution in [0.1, 0.15) is 21.9 Å². The third-order valence-electron chi connectivity index (χ3n) is 4.11. The van der Waals surface area contributed by atoms with Crippen molar-refractivity contribution in [2.75, 3.05) is 5.32 Å². The molecular weight excluding hydrogens is 342 g/mol. The molecule has 0 fully saturated rings. The molecule has 0 bridgehead atoms. The monoisotopic (exact) mass is 359 g/mol. The van der Waals surface area contributed by atoms with Gasteiger partial charge in [0.1, 0.15) is 22.8 Å². The smallest absolute Gasteiger partial charge is 0.261 e. The first kappa shape index (κ1) is 16.7. The van der Waals surface area contributed by atoms with Crippen LogP contribution in [-0.4, -0.2) is 26.2 Å². The van der Waals surface area contributed by atoms with Gasteiger partial charge in [-0.1, -0.05) is 47.6 Å². The third kappa shape index (κ3) is 3.35. The molecule has 0 aliphatic heterocycles. The van der Waals surface area contributed by atoms with E-state index in [1.165, 1.54) is 0 Å². The van der Waals surface area contributed by atoms with Crippen molar-refractivity contribution in [1.82, 2.24) is 20.3 Å². The van der Waals surface area contributed by atoms with E-state index < -0.39 is 0 Å². The summed E-state index contributed by atoms with van der Waals surface area (Å²) in [4.78, 5) is 17.2. The Bertz CT molecular complexity index is 1100. The minimum absolute atomic E-state index is 0.282. The topological polar surface area (TPSA) is 96.7 Å². The Balaban J connectivity index is 1.63. The molecule has 1 amide bonds. The van der Waals surface area contributed by atoms with Gasteiger partial charge >= 0.3 is 0 Å². The number of benzene rings is 2. The normalized spacial score (nSPS) is 10.7. The lowest BCUT2D eigenvalue weighted by atomic mass is 10.1. The van der Waals surface area contributed by atoms with Gasteiger partial charge in [-0.05, 0) is 26.0 Å². The number of nitrogens with zero attached hydrogens (tertiary/aromatic N) is 3. The summed E-state index contributed by atoms with van der Waals surface area (Å²) in [5.74, 6) is 1.49. The van der Waals surface area contributed by atoms with Crippen molar-refractivity contribution in [3.63, 3.8) is 0 Å². The van der Waals surface area contributed by atoms with E-state index in [9.17, 15) is 4.79 Å². The molecular formula is C20H17N5O2. The highest BCUT2D eigenvalue weighted by Crippen LogP contribution is 2.26. The van der Waals surface area contributed by atoms with E-state index >= 15 is 0 Å². The summed E-state index contributed by atoms with van der Waals surface area (Å²) >= 11 is 0. The summed E-state index contributed by atoms with van der Waals surface area (Å²) in [5, 5.41) is 13.9. The highest BCUT2D eigenvalue weighted by molar-refractivity contribution is 6.08. The maximum atomic E-state index is 12.9. The Morgan fingerprint density at radius 3 is 2.56 bits per heavy atom. The van der Waals surface area contributed by atoms with Crippen molar-refractivity contribution >= 4 is 11.6 Å². The van der Waals surface area contributed by atoms with Crippen molar-refractivity contribution in [1.29, 1.82) is 0 Å². The quantitative estimate of drug-likeness (QED) is 0.574. The fourth-order valence-corrected chi connectivity index (χ4v) is 2.83. The molecule has 4 aromatic rings. The lowest BCUT2D eigenvalue weighted by Crippen LogP contribution is -2.13. The van der Waals surface area contributed by atoms with Crippen LogP contribution in [-0.2, 0) is 0 Å². The van der Waals surface area contributed by atoms with E-state index in [1.807, 2.05) is 61.5 Å². The van der Waals surface area contributed by atoms with E-state index in [4.69, 9.17) is 4.52 Å². The predicted molar refractivity (Wildman–Crippen MR) is 101 cm³/mol. The molecule has 0 radical (unpaired) electrons. The van der Waals surface area contributed by atoms with Crippen LogP contribution >= 0.6 is 0 Å². The van der Waals surface area contributed by atoms with E-state index in [0.29, 0.717) is 28.5 Å². The molecule has 2 heterocycles. The van der Waals surface area contributed by atoms with Gasteiger partial charge in [-0.25, -0.2) is 4.98 Å². The van der Waals surface area contributed by atoms with Gasteiger partial charge < -0.3 is 9.84 Å². The molecule has 0 atom stereocenters. The van der Waals surface area contributed by atoms with Crippen molar-refractivity contribution in [2.45, 2.75) is 13.8 Å². The van der Waals surface area contributed by atoms with Gasteiger partial charge in [-0.3, -0.25) is 9.89 Å². The first-order chi connectivity index (χ1) is 13.1. The fraction of sp³-hybridized carbons (Fsp3) is 0.100. The van der Waals surface area contributed by atoms with Crippen LogP contribution in [0.5, 0.6) is 0 Å². The Morgan fingerprint density at radius 1 is 1.04 bits per heavy atom. The molecule has 27 heavy (non-hydrogen) atoms. The molecule has 4 rings (SSSR count). The molecule has 0 saturated heterocycles. The Labute approximate surface area is 155 Å². The first-order valence-corrected chi connectivity index (χ1v) is 8.44. The highest BCUT2D eigenvalue weighted by Gasteiger charge is 2.21. The lowest BCUT2D eigenvalue weighted by molar-refractivity contribution is 0.102. The predicted octanol–water partition coefficient (Wildman–Crippen LogP) is 4.00. The molecule has 7 heteroatoms. The number of anilines is 1. The summed E-state index contributed by atoms with van der Waals surface area (Å²) in [6.45, 7) is 3.56. The number of aromatic nitrogens is 4. The fourth-order valence-electron chi connectivity index (χ4n) is 2.83. The number of hydrogen-bond acceptors (Lipinski definition) is 5. The average Bonchev–Trinajstić information content (AvgIpc) is 3.28. The standard InChI is InChI=1S/C20H17N5O2/c1-12-17(18(25-27-12)14-7-4-3-5-8-14)20(26)22-16-10-6-9-15(11-16)19-21-13(2)23-24-19/h3-11H,1-2H3,(H,22,26)(H,21,23,24). The molecule has 134 valence electrons. The number of carbonyl (C=O) groups excluding carboxylic acids is 1. The molecule has 7 nitrogen and oxygen atoms in total. The summed E-state index contributed by atoms with van der Waals surface area (Å²) in [5.41, 5.74) is 3.21. The SMILES string of the molecule is Cc1nc(-c2cccc(NC(=O)c3c(-c4ccccc4)noc3C)c2)n[nH]1. The lowest BCUT2D eigenvalue weighted by Gasteiger charge is -2.07. The van der Waals surface area contributed by atoms with Gasteiger partial charge in [-0.15, -0.1) is 0 Å². The van der Waals surface area contributed by atoms with Gasteiger partial charge in [-0.2, -0.15) is 5.10 Å². The largest absolute Gasteiger partial charge is 0.360 e. The minimum Gasteiger partial charge on any atom is -0.360 e. The van der Waals surface area contributed by atoms with Crippen LogP contribution in [0, 0.1) is 13.8 Å². The van der Waals surface area contributed by atoms with Crippen molar-refractivity contribution in [3.05, 3.63) is 71.7 Å². The van der Waals surface area contributed by atoms with E-state index in [1.54, 1.807) is 6.92 Å². The number of hydrogen-bond donors (Lipinski definition) is 2. The third-order valence-corrected chi connectivity index (χ3v) is 4.11. The Hall–Kier alpha value is -3.74. The number of nitrogens with one attached hydrogen (secondary N) is 2. The molecule has 0 saturated carbocycles. The van der Waals surface area contributed by atoms with Gasteiger partial charge in [0, 0.05) is 16.8 Å². The van der Waals surface area contributed by atoms with Crippen molar-refractivity contribution in [2.24, 2.45) is 0 Å². The highest BCUT2D eigenvalue weighted by atomic mass is 16.5. The van der Waals surface area contributed by atoms with Gasteiger partial charge in [0.15, 0.2) is 5.82 Å². The van der Waals surface area contributed by atoms with Crippen LogP contribution < -0.4 is 5.32 Å². The Kier molecular flexibility index (Phi) is 4.25. The Morgan fingerprint density at radius 2 is 1.81 bits per heavy atom. The second kappa shape index (κ2) is 6.87. The van der Waals surface area contributed by atoms with Gasteiger partial charge in [0.05, 0.1) is 0 Å². The van der Waals surface area contributed by atoms with Crippen LogP contribution in [0.4, 0.5) is 5.69 Å². The maximum absolute atomic E-state index is 12.9. The van der Waals surface area contributed by atoms with Crippen LogP contribution in [0.15, 0.2) is 59.1 Å². The number of aryl methyl sites for hydroxylation is 2. The zero-order valence-electron chi connectivity index (χ0n) is 14.9. The van der Waals surface area contributed by atoms with Gasteiger partial charge in [0.2, 0.25) is 0 Å². The molecule has 0 unspecified atom stereocenters. The van der Waals surface area contributed by atoms with Crippen LogP contribution in [0.25, 0.3) is 22.6 Å². The molecule has 0 aliphatic rings. The molecule has 0 spiro atoms. The number of amides is 1. The molecule has 2 aromatic carbocycles.